The predicted molar refractivity (Wildman–Crippen MR) is 116 cm³/mol. The number of aromatic nitrogens is 3. The van der Waals surface area contributed by atoms with Crippen molar-refractivity contribution in [3.63, 3.8) is 0 Å². The molecule has 0 saturated carbocycles. The van der Waals surface area contributed by atoms with Gasteiger partial charge in [-0.25, -0.2) is 4.98 Å². The van der Waals surface area contributed by atoms with Crippen LogP contribution >= 0.6 is 0 Å². The second kappa shape index (κ2) is 8.52. The van der Waals surface area contributed by atoms with Crippen molar-refractivity contribution in [1.29, 1.82) is 0 Å². The zero-order valence-corrected chi connectivity index (χ0v) is 16.9. The van der Waals surface area contributed by atoms with Gasteiger partial charge in [0.05, 0.1) is 50.8 Å². The average molecular weight is 403 g/mol. The van der Waals surface area contributed by atoms with E-state index in [2.05, 4.69) is 20.5 Å². The molecule has 0 saturated heterocycles. The van der Waals surface area contributed by atoms with Crippen LogP contribution in [0.25, 0.3) is 16.6 Å². The topological polar surface area (TPSA) is 82.8 Å². The molecule has 0 aliphatic rings. The average Bonchev–Trinajstić information content (AvgIpc) is 3.32. The van der Waals surface area contributed by atoms with E-state index in [1.807, 2.05) is 47.2 Å². The lowest BCUT2D eigenvalue weighted by molar-refractivity contribution is 0.356. The predicted octanol–water partition coefficient (Wildman–Crippen LogP) is 3.89. The van der Waals surface area contributed by atoms with Gasteiger partial charge < -0.3 is 18.8 Å². The van der Waals surface area contributed by atoms with Crippen LogP contribution in [0.1, 0.15) is 5.56 Å². The molecule has 30 heavy (non-hydrogen) atoms. The Morgan fingerprint density at radius 2 is 1.73 bits per heavy atom. The molecule has 8 nitrogen and oxygen atoms in total. The molecule has 0 atom stereocenters. The van der Waals surface area contributed by atoms with Crippen LogP contribution in [0.4, 0.5) is 5.69 Å². The third-order valence-electron chi connectivity index (χ3n) is 4.63. The van der Waals surface area contributed by atoms with Crippen molar-refractivity contribution in [2.24, 2.45) is 5.10 Å². The van der Waals surface area contributed by atoms with E-state index in [0.717, 1.165) is 33.6 Å². The van der Waals surface area contributed by atoms with Crippen LogP contribution in [-0.2, 0) is 0 Å². The molecular weight excluding hydrogens is 382 g/mol. The zero-order chi connectivity index (χ0) is 20.9. The van der Waals surface area contributed by atoms with E-state index in [1.54, 1.807) is 46.3 Å². The molecule has 2 heterocycles. The Hall–Kier alpha value is -4.07. The number of rotatable bonds is 7. The van der Waals surface area contributed by atoms with Crippen molar-refractivity contribution in [1.82, 2.24) is 14.5 Å². The van der Waals surface area contributed by atoms with Crippen molar-refractivity contribution in [2.75, 3.05) is 26.8 Å². The first-order valence-electron chi connectivity index (χ1n) is 9.19. The summed E-state index contributed by atoms with van der Waals surface area (Å²) in [4.78, 5) is 8.47. The Balaban J connectivity index is 1.59. The quantitative estimate of drug-likeness (QED) is 0.372. The van der Waals surface area contributed by atoms with Crippen molar-refractivity contribution in [3.05, 3.63) is 66.9 Å². The normalized spacial score (nSPS) is 11.0. The number of hydrogen-bond donors (Lipinski definition) is 1. The van der Waals surface area contributed by atoms with E-state index in [-0.39, 0.29) is 0 Å². The van der Waals surface area contributed by atoms with Crippen LogP contribution in [0.15, 0.2) is 66.4 Å². The molecule has 0 aliphatic heterocycles. The van der Waals surface area contributed by atoms with Gasteiger partial charge in [0.2, 0.25) is 0 Å². The minimum absolute atomic E-state index is 0.628. The summed E-state index contributed by atoms with van der Waals surface area (Å²) in [5, 5.41) is 5.25. The fourth-order valence-corrected chi connectivity index (χ4v) is 3.14. The summed E-state index contributed by atoms with van der Waals surface area (Å²) in [6.07, 6.45) is 8.76. The number of hydrogen-bond acceptors (Lipinski definition) is 7. The summed E-state index contributed by atoms with van der Waals surface area (Å²) in [5.41, 5.74) is 6.46. The SMILES string of the molecule is COc1cc2nccc(N/N=C/c3ccc(-n4ccnc4)c(OC)c3)c2cc1OC. The van der Waals surface area contributed by atoms with Crippen LogP contribution < -0.4 is 19.6 Å². The highest BCUT2D eigenvalue weighted by molar-refractivity contribution is 5.94. The number of ether oxygens (including phenoxy) is 3. The summed E-state index contributed by atoms with van der Waals surface area (Å²) in [7, 11) is 4.84. The fraction of sp³-hybridized carbons (Fsp3) is 0.136. The maximum atomic E-state index is 5.51. The van der Waals surface area contributed by atoms with E-state index in [9.17, 15) is 0 Å². The van der Waals surface area contributed by atoms with Crippen LogP contribution in [0.2, 0.25) is 0 Å². The fourth-order valence-electron chi connectivity index (χ4n) is 3.14. The maximum Gasteiger partial charge on any atom is 0.162 e. The number of nitrogens with one attached hydrogen (secondary N) is 1. The molecule has 0 unspecified atom stereocenters. The Morgan fingerprint density at radius 1 is 0.933 bits per heavy atom. The molecule has 1 N–H and O–H groups in total. The van der Waals surface area contributed by atoms with Gasteiger partial charge in [0.15, 0.2) is 11.5 Å². The molecule has 0 fully saturated rings. The van der Waals surface area contributed by atoms with Gasteiger partial charge in [-0.1, -0.05) is 6.07 Å². The number of nitrogens with zero attached hydrogens (tertiary/aromatic N) is 4. The van der Waals surface area contributed by atoms with Crippen LogP contribution in [0.3, 0.4) is 0 Å². The van der Waals surface area contributed by atoms with Crippen LogP contribution in [-0.4, -0.2) is 42.1 Å². The van der Waals surface area contributed by atoms with Crippen molar-refractivity contribution in [3.8, 4) is 22.9 Å². The van der Waals surface area contributed by atoms with Gasteiger partial charge in [-0.3, -0.25) is 10.4 Å². The van der Waals surface area contributed by atoms with E-state index >= 15 is 0 Å². The molecule has 8 heteroatoms. The molecule has 0 amide bonds. The van der Waals surface area contributed by atoms with Gasteiger partial charge in [-0.15, -0.1) is 0 Å². The smallest absolute Gasteiger partial charge is 0.162 e. The van der Waals surface area contributed by atoms with E-state index in [1.165, 1.54) is 0 Å². The molecule has 0 spiro atoms. The molecule has 0 aliphatic carbocycles. The lowest BCUT2D eigenvalue weighted by Gasteiger charge is -2.11. The number of imidazole rings is 1. The summed E-state index contributed by atoms with van der Waals surface area (Å²) >= 11 is 0. The number of fused-ring (bicyclic) bond motifs is 1. The number of benzene rings is 2. The first-order chi connectivity index (χ1) is 14.7. The molecule has 4 aromatic rings. The second-order valence-corrected chi connectivity index (χ2v) is 6.35. The molecule has 152 valence electrons. The molecule has 4 rings (SSSR count). The second-order valence-electron chi connectivity index (χ2n) is 6.35. The highest BCUT2D eigenvalue weighted by atomic mass is 16.5. The third kappa shape index (κ3) is 3.75. The third-order valence-corrected chi connectivity index (χ3v) is 4.63. The summed E-state index contributed by atoms with van der Waals surface area (Å²) < 4.78 is 18.2. The maximum absolute atomic E-state index is 5.51. The van der Waals surface area contributed by atoms with Crippen molar-refractivity contribution < 1.29 is 14.2 Å². The van der Waals surface area contributed by atoms with Gasteiger partial charge >= 0.3 is 0 Å². The van der Waals surface area contributed by atoms with Gasteiger partial charge in [-0.05, 0) is 29.8 Å². The van der Waals surface area contributed by atoms with Gasteiger partial charge in [0, 0.05) is 30.0 Å². The minimum atomic E-state index is 0.628. The van der Waals surface area contributed by atoms with E-state index in [0.29, 0.717) is 11.5 Å². The zero-order valence-electron chi connectivity index (χ0n) is 16.9. The molecule has 0 bridgehead atoms. The van der Waals surface area contributed by atoms with Gasteiger partial charge in [-0.2, -0.15) is 5.10 Å². The standard InChI is InChI=1S/C22H21N5O3/c1-28-20-10-15(4-5-19(20)27-9-8-23-14-27)13-25-26-17-6-7-24-18-12-22(30-3)21(29-2)11-16(17)18/h4-14H,1-3H3,(H,24,26)/b25-13+. The summed E-state index contributed by atoms with van der Waals surface area (Å²) in [5.74, 6) is 1.98. The molecule has 0 radical (unpaired) electrons. The van der Waals surface area contributed by atoms with E-state index in [4.69, 9.17) is 14.2 Å². The Morgan fingerprint density at radius 3 is 2.47 bits per heavy atom. The lowest BCUT2D eigenvalue weighted by atomic mass is 10.1. The highest BCUT2D eigenvalue weighted by Gasteiger charge is 2.10. The number of methoxy groups -OCH3 is 3. The van der Waals surface area contributed by atoms with Crippen molar-refractivity contribution >= 4 is 22.8 Å². The first kappa shape index (κ1) is 19.3. The highest BCUT2D eigenvalue weighted by Crippen LogP contribution is 2.34. The number of anilines is 1. The van der Waals surface area contributed by atoms with Gasteiger partial charge in [0.25, 0.3) is 0 Å². The minimum Gasteiger partial charge on any atom is -0.495 e. The number of pyridine rings is 1. The first-order valence-corrected chi connectivity index (χ1v) is 9.19. The largest absolute Gasteiger partial charge is 0.495 e. The monoisotopic (exact) mass is 403 g/mol. The molecule has 2 aromatic carbocycles. The van der Waals surface area contributed by atoms with Crippen molar-refractivity contribution in [2.45, 2.75) is 0 Å². The Kier molecular flexibility index (Phi) is 5.47. The molecular formula is C22H21N5O3. The summed E-state index contributed by atoms with van der Waals surface area (Å²) in [6, 6.07) is 11.4. The lowest BCUT2D eigenvalue weighted by Crippen LogP contribution is -1.98. The summed E-state index contributed by atoms with van der Waals surface area (Å²) in [6.45, 7) is 0. The van der Waals surface area contributed by atoms with E-state index < -0.39 is 0 Å². The van der Waals surface area contributed by atoms with Gasteiger partial charge in [0.1, 0.15) is 5.75 Å². The molecule has 2 aromatic heterocycles. The Bertz CT molecular complexity index is 1190. The number of hydrazone groups is 1. The van der Waals surface area contributed by atoms with Crippen LogP contribution in [0, 0.1) is 0 Å². The van der Waals surface area contributed by atoms with Crippen LogP contribution in [0.5, 0.6) is 17.2 Å². The Labute approximate surface area is 173 Å².